The Morgan fingerprint density at radius 3 is 3.00 bits per heavy atom. The number of nitrogens with zero attached hydrogens (tertiary/aromatic N) is 2. The zero-order valence-corrected chi connectivity index (χ0v) is 11.6. The largest absolute Gasteiger partial charge is 0.370 e. The number of rotatable bonds is 4. The molecule has 1 aliphatic carbocycles. The molecule has 0 aromatic carbocycles. The van der Waals surface area contributed by atoms with Crippen molar-refractivity contribution in [1.29, 1.82) is 0 Å². The molecule has 1 aliphatic heterocycles. The molecule has 2 aliphatic rings. The Labute approximate surface area is 114 Å². The van der Waals surface area contributed by atoms with Gasteiger partial charge in [-0.1, -0.05) is 19.8 Å². The number of ether oxygens (including phenoxy) is 1. The zero-order chi connectivity index (χ0) is 13.3. The van der Waals surface area contributed by atoms with E-state index < -0.39 is 0 Å². The first-order valence-electron chi connectivity index (χ1n) is 7.44. The highest BCUT2D eigenvalue weighted by Gasteiger charge is 2.42. The van der Waals surface area contributed by atoms with E-state index in [1.54, 1.807) is 6.20 Å². The van der Waals surface area contributed by atoms with Crippen molar-refractivity contribution >= 4 is 5.78 Å². The van der Waals surface area contributed by atoms with Gasteiger partial charge in [0.15, 0.2) is 5.78 Å². The summed E-state index contributed by atoms with van der Waals surface area (Å²) >= 11 is 0. The SMILES string of the molecule is CCC(=O)c1cnn(CC2CCC3(CCCC3)O2)c1. The van der Waals surface area contributed by atoms with Gasteiger partial charge in [-0.25, -0.2) is 0 Å². The summed E-state index contributed by atoms with van der Waals surface area (Å²) in [6.07, 6.45) is 11.7. The summed E-state index contributed by atoms with van der Waals surface area (Å²) in [6, 6.07) is 0. The highest BCUT2D eigenvalue weighted by Crippen LogP contribution is 2.43. The van der Waals surface area contributed by atoms with Crippen LogP contribution in [0, 0.1) is 0 Å². The maximum absolute atomic E-state index is 11.6. The third kappa shape index (κ3) is 2.59. The molecule has 1 saturated heterocycles. The predicted molar refractivity (Wildman–Crippen MR) is 72.2 cm³/mol. The molecule has 1 aromatic rings. The van der Waals surface area contributed by atoms with Crippen LogP contribution < -0.4 is 0 Å². The molecule has 1 atom stereocenters. The molecule has 1 unspecified atom stereocenters. The van der Waals surface area contributed by atoms with Crippen LogP contribution in [0.15, 0.2) is 12.4 Å². The quantitative estimate of drug-likeness (QED) is 0.784. The molecule has 104 valence electrons. The highest BCUT2D eigenvalue weighted by atomic mass is 16.5. The minimum atomic E-state index is 0.158. The Bertz CT molecular complexity index is 460. The lowest BCUT2D eigenvalue weighted by atomic mass is 9.98. The van der Waals surface area contributed by atoms with Gasteiger partial charge in [-0.15, -0.1) is 0 Å². The van der Waals surface area contributed by atoms with Crippen LogP contribution >= 0.6 is 0 Å². The van der Waals surface area contributed by atoms with Crippen molar-refractivity contribution < 1.29 is 9.53 Å². The molecule has 0 N–H and O–H groups in total. The second-order valence-electron chi connectivity index (χ2n) is 5.90. The average molecular weight is 262 g/mol. The molecule has 1 aromatic heterocycles. The topological polar surface area (TPSA) is 44.1 Å². The summed E-state index contributed by atoms with van der Waals surface area (Å²) in [6.45, 7) is 2.66. The number of hydrogen-bond acceptors (Lipinski definition) is 3. The van der Waals surface area contributed by atoms with Gasteiger partial charge in [0.1, 0.15) is 0 Å². The smallest absolute Gasteiger partial charge is 0.165 e. The maximum Gasteiger partial charge on any atom is 0.165 e. The average Bonchev–Trinajstić information content (AvgIpc) is 3.13. The predicted octanol–water partition coefficient (Wildman–Crippen LogP) is 2.97. The van der Waals surface area contributed by atoms with Gasteiger partial charge >= 0.3 is 0 Å². The van der Waals surface area contributed by atoms with E-state index >= 15 is 0 Å². The number of Topliss-reactive ketones (excluding diaryl/α,β-unsaturated/α-hetero) is 1. The monoisotopic (exact) mass is 262 g/mol. The molecule has 0 bridgehead atoms. The molecule has 0 radical (unpaired) electrons. The van der Waals surface area contributed by atoms with Gasteiger partial charge in [-0.3, -0.25) is 9.48 Å². The van der Waals surface area contributed by atoms with Crippen molar-refractivity contribution in [3.63, 3.8) is 0 Å². The molecular weight excluding hydrogens is 240 g/mol. The lowest BCUT2D eigenvalue weighted by Gasteiger charge is -2.23. The first-order valence-corrected chi connectivity index (χ1v) is 7.44. The number of aromatic nitrogens is 2. The third-order valence-corrected chi connectivity index (χ3v) is 4.52. The van der Waals surface area contributed by atoms with Gasteiger partial charge in [0.05, 0.1) is 30.0 Å². The molecule has 4 heteroatoms. The number of hydrogen-bond donors (Lipinski definition) is 0. The fourth-order valence-corrected chi connectivity index (χ4v) is 3.43. The van der Waals surface area contributed by atoms with Gasteiger partial charge in [0.2, 0.25) is 0 Å². The lowest BCUT2D eigenvalue weighted by Crippen LogP contribution is -2.26. The molecule has 1 spiro atoms. The van der Waals surface area contributed by atoms with Gasteiger partial charge in [0, 0.05) is 12.6 Å². The Morgan fingerprint density at radius 2 is 2.26 bits per heavy atom. The Kier molecular flexibility index (Phi) is 3.44. The normalized spacial score (nSPS) is 25.2. The van der Waals surface area contributed by atoms with E-state index in [1.807, 2.05) is 17.8 Å². The van der Waals surface area contributed by atoms with Crippen LogP contribution in [0.5, 0.6) is 0 Å². The minimum absolute atomic E-state index is 0.158. The number of ketones is 1. The second-order valence-corrected chi connectivity index (χ2v) is 5.90. The van der Waals surface area contributed by atoms with E-state index in [4.69, 9.17) is 4.74 Å². The third-order valence-electron chi connectivity index (χ3n) is 4.52. The van der Waals surface area contributed by atoms with Crippen molar-refractivity contribution in [1.82, 2.24) is 9.78 Å². The van der Waals surface area contributed by atoms with Crippen LogP contribution in [0.25, 0.3) is 0 Å². The van der Waals surface area contributed by atoms with Gasteiger partial charge in [-0.05, 0) is 25.7 Å². The van der Waals surface area contributed by atoms with Crippen molar-refractivity contribution in [2.24, 2.45) is 0 Å². The van der Waals surface area contributed by atoms with Crippen molar-refractivity contribution in [3.05, 3.63) is 18.0 Å². The summed E-state index contributed by atoms with van der Waals surface area (Å²) in [4.78, 5) is 11.6. The number of carbonyl (C=O) groups excluding carboxylic acids is 1. The zero-order valence-electron chi connectivity index (χ0n) is 11.6. The fourth-order valence-electron chi connectivity index (χ4n) is 3.43. The molecule has 3 rings (SSSR count). The van der Waals surface area contributed by atoms with Gasteiger partial charge in [0.25, 0.3) is 0 Å². The summed E-state index contributed by atoms with van der Waals surface area (Å²) in [5, 5.41) is 4.28. The highest BCUT2D eigenvalue weighted by molar-refractivity contribution is 5.95. The Hall–Kier alpha value is -1.16. The minimum Gasteiger partial charge on any atom is -0.370 e. The van der Waals surface area contributed by atoms with E-state index in [9.17, 15) is 4.79 Å². The Morgan fingerprint density at radius 1 is 1.47 bits per heavy atom. The van der Waals surface area contributed by atoms with E-state index in [0.29, 0.717) is 6.42 Å². The van der Waals surface area contributed by atoms with E-state index in [2.05, 4.69) is 5.10 Å². The molecule has 19 heavy (non-hydrogen) atoms. The van der Waals surface area contributed by atoms with Crippen LogP contribution in [0.1, 0.15) is 62.2 Å². The summed E-state index contributed by atoms with van der Waals surface area (Å²) in [7, 11) is 0. The van der Waals surface area contributed by atoms with Crippen LogP contribution in [0.2, 0.25) is 0 Å². The molecular formula is C15H22N2O2. The standard InChI is InChI=1S/C15H22N2O2/c1-2-14(18)12-9-16-17(10-12)11-13-5-8-15(19-13)6-3-4-7-15/h9-10,13H,2-8,11H2,1H3. The van der Waals surface area contributed by atoms with E-state index in [-0.39, 0.29) is 17.5 Å². The molecule has 4 nitrogen and oxygen atoms in total. The molecule has 2 heterocycles. The molecule has 2 fully saturated rings. The number of carbonyl (C=O) groups is 1. The van der Waals surface area contributed by atoms with E-state index in [1.165, 1.54) is 32.1 Å². The first kappa shape index (κ1) is 12.9. The molecule has 1 saturated carbocycles. The Balaban J connectivity index is 1.60. The van der Waals surface area contributed by atoms with Crippen molar-refractivity contribution in [2.75, 3.05) is 0 Å². The summed E-state index contributed by atoms with van der Waals surface area (Å²) in [5.74, 6) is 0.158. The van der Waals surface area contributed by atoms with Crippen molar-refractivity contribution in [3.8, 4) is 0 Å². The van der Waals surface area contributed by atoms with E-state index in [0.717, 1.165) is 18.5 Å². The lowest BCUT2D eigenvalue weighted by molar-refractivity contribution is -0.0429. The molecule has 0 amide bonds. The second kappa shape index (κ2) is 5.08. The van der Waals surface area contributed by atoms with Gasteiger partial charge < -0.3 is 4.74 Å². The first-order chi connectivity index (χ1) is 9.21. The van der Waals surface area contributed by atoms with Crippen LogP contribution in [-0.4, -0.2) is 27.3 Å². The maximum atomic E-state index is 11.6. The van der Waals surface area contributed by atoms with Crippen molar-refractivity contribution in [2.45, 2.75) is 70.1 Å². The fraction of sp³-hybridized carbons (Fsp3) is 0.733. The van der Waals surface area contributed by atoms with Crippen LogP contribution in [-0.2, 0) is 11.3 Å². The summed E-state index contributed by atoms with van der Waals surface area (Å²) < 4.78 is 8.13. The summed E-state index contributed by atoms with van der Waals surface area (Å²) in [5.41, 5.74) is 0.899. The van der Waals surface area contributed by atoms with Crippen LogP contribution in [0.4, 0.5) is 0 Å². The van der Waals surface area contributed by atoms with Gasteiger partial charge in [-0.2, -0.15) is 5.10 Å². The van der Waals surface area contributed by atoms with Crippen LogP contribution in [0.3, 0.4) is 0 Å².